The lowest BCUT2D eigenvalue weighted by molar-refractivity contribution is 0.00111. The monoisotopic (exact) mass is 371 g/mol. The lowest BCUT2D eigenvalue weighted by Gasteiger charge is -2.30. The number of ether oxygens (including phenoxy) is 1. The lowest BCUT2D eigenvalue weighted by atomic mass is 9.95. The fourth-order valence-corrected chi connectivity index (χ4v) is 4.35. The summed E-state index contributed by atoms with van der Waals surface area (Å²) in [5.41, 5.74) is 1.91. The number of aliphatic hydroxyl groups is 1. The molecule has 1 unspecified atom stereocenters. The molecule has 2 N–H and O–H groups in total. The van der Waals surface area contributed by atoms with Gasteiger partial charge in [-0.05, 0) is 69.1 Å². The predicted octanol–water partition coefficient (Wildman–Crippen LogP) is 3.10. The molecule has 2 aliphatic heterocycles. The van der Waals surface area contributed by atoms with Crippen molar-refractivity contribution in [2.75, 3.05) is 20.2 Å². The van der Waals surface area contributed by atoms with Gasteiger partial charge >= 0.3 is 0 Å². The van der Waals surface area contributed by atoms with Gasteiger partial charge in [0, 0.05) is 18.3 Å². The predicted molar refractivity (Wildman–Crippen MR) is 102 cm³/mol. The molecule has 27 heavy (non-hydrogen) atoms. The van der Waals surface area contributed by atoms with Crippen LogP contribution in [-0.4, -0.2) is 47.0 Å². The van der Waals surface area contributed by atoms with Gasteiger partial charge < -0.3 is 9.84 Å². The first-order valence-corrected chi connectivity index (χ1v) is 9.57. The van der Waals surface area contributed by atoms with Crippen LogP contribution in [0, 0.1) is 5.82 Å². The van der Waals surface area contributed by atoms with E-state index >= 15 is 0 Å². The maximum Gasteiger partial charge on any atom is 0.131 e. The third kappa shape index (κ3) is 3.33. The van der Waals surface area contributed by atoms with E-state index in [2.05, 4.69) is 10.3 Å². The van der Waals surface area contributed by atoms with Crippen LogP contribution in [0.3, 0.4) is 0 Å². The van der Waals surface area contributed by atoms with Crippen LogP contribution < -0.4 is 10.1 Å². The van der Waals surface area contributed by atoms with E-state index < -0.39 is 6.23 Å². The topological polar surface area (TPSA) is 57.6 Å². The Morgan fingerprint density at radius 3 is 2.93 bits per heavy atom. The summed E-state index contributed by atoms with van der Waals surface area (Å²) in [6.45, 7) is 3.32. The highest BCUT2D eigenvalue weighted by atomic mass is 19.1. The molecule has 0 aliphatic carbocycles. The van der Waals surface area contributed by atoms with E-state index in [1.54, 1.807) is 18.3 Å². The summed E-state index contributed by atoms with van der Waals surface area (Å²) in [7, 11) is 1.95. The zero-order valence-corrected chi connectivity index (χ0v) is 15.8. The summed E-state index contributed by atoms with van der Waals surface area (Å²) in [4.78, 5) is 6.50. The molecule has 3 heterocycles. The zero-order chi connectivity index (χ0) is 19.0. The fraction of sp³-hybridized carbons (Fsp3) is 0.476. The van der Waals surface area contributed by atoms with E-state index in [1.807, 2.05) is 31.0 Å². The number of likely N-dealkylation sites (N-methyl/N-ethyl adjacent to an activating group) is 1. The van der Waals surface area contributed by atoms with E-state index in [9.17, 15) is 9.50 Å². The van der Waals surface area contributed by atoms with Crippen molar-refractivity contribution < 1.29 is 14.2 Å². The largest absolute Gasteiger partial charge is 0.494 e. The number of pyridine rings is 1. The molecule has 2 saturated heterocycles. The molecule has 144 valence electrons. The molecule has 0 amide bonds. The molecule has 1 aromatic carbocycles. The maximum absolute atomic E-state index is 14.4. The van der Waals surface area contributed by atoms with E-state index in [1.165, 1.54) is 6.07 Å². The van der Waals surface area contributed by atoms with Crippen LogP contribution in [0.25, 0.3) is 11.1 Å². The molecule has 0 bridgehead atoms. The minimum absolute atomic E-state index is 0.0595. The average Bonchev–Trinajstić information content (AvgIpc) is 3.24. The van der Waals surface area contributed by atoms with Gasteiger partial charge in [0.25, 0.3) is 0 Å². The Bertz CT molecular complexity index is 831. The van der Waals surface area contributed by atoms with E-state index in [0.717, 1.165) is 37.1 Å². The highest BCUT2D eigenvalue weighted by molar-refractivity contribution is 5.66. The van der Waals surface area contributed by atoms with E-state index in [0.29, 0.717) is 17.9 Å². The molecule has 1 spiro atoms. The minimum Gasteiger partial charge on any atom is -0.494 e. The number of likely N-dealkylation sites (tertiary alicyclic amines) is 1. The highest BCUT2D eigenvalue weighted by Crippen LogP contribution is 2.41. The van der Waals surface area contributed by atoms with Gasteiger partial charge in [-0.3, -0.25) is 15.2 Å². The number of nitrogens with one attached hydrogen (secondary N) is 1. The number of aliphatic hydroxyl groups excluding tert-OH is 1. The van der Waals surface area contributed by atoms with Crippen LogP contribution in [0.1, 0.15) is 37.9 Å². The van der Waals surface area contributed by atoms with Gasteiger partial charge in [0.2, 0.25) is 0 Å². The Morgan fingerprint density at radius 2 is 2.19 bits per heavy atom. The third-order valence-corrected chi connectivity index (χ3v) is 5.86. The summed E-state index contributed by atoms with van der Waals surface area (Å²) in [5, 5.41) is 14.2. The summed E-state index contributed by atoms with van der Waals surface area (Å²) < 4.78 is 19.9. The Balaban J connectivity index is 1.60. The number of nitrogens with zero attached hydrogens (tertiary/aromatic N) is 2. The molecule has 0 saturated carbocycles. The molecule has 2 aromatic rings. The number of benzene rings is 1. The standard InChI is InChI=1S/C21H26FN3O2/c1-3-27-15-4-5-17(22)16(13-15)14-7-10-23-19(12-14)18-6-8-21(24-18)9-11-25(2)20(21)26/h4-5,7,10,12-13,18,20,24,26H,3,6,8-9,11H2,1-2H3/t18-,20?,21-/m0/s1. The van der Waals surface area contributed by atoms with Crippen molar-refractivity contribution in [2.45, 2.75) is 44.0 Å². The van der Waals surface area contributed by atoms with E-state index in [4.69, 9.17) is 4.74 Å². The van der Waals surface area contributed by atoms with Gasteiger partial charge in [-0.25, -0.2) is 4.39 Å². The first-order valence-electron chi connectivity index (χ1n) is 9.57. The number of halogens is 1. The molecule has 2 fully saturated rings. The van der Waals surface area contributed by atoms with Crippen molar-refractivity contribution in [1.29, 1.82) is 0 Å². The Kier molecular flexibility index (Phi) is 4.88. The minimum atomic E-state index is -0.481. The second-order valence-electron chi connectivity index (χ2n) is 7.54. The van der Waals surface area contributed by atoms with Gasteiger partial charge in [0.1, 0.15) is 17.8 Å². The molecular formula is C21H26FN3O2. The van der Waals surface area contributed by atoms with Crippen molar-refractivity contribution in [2.24, 2.45) is 0 Å². The second kappa shape index (κ2) is 7.19. The summed E-state index contributed by atoms with van der Waals surface area (Å²) in [5.74, 6) is 0.376. The Hall–Kier alpha value is -2.02. The van der Waals surface area contributed by atoms with Crippen LogP contribution in [0.2, 0.25) is 0 Å². The normalized spacial score (nSPS) is 28.1. The lowest BCUT2D eigenvalue weighted by Crippen LogP contribution is -2.50. The van der Waals surface area contributed by atoms with Crippen LogP contribution in [-0.2, 0) is 0 Å². The number of aromatic nitrogens is 1. The average molecular weight is 371 g/mol. The number of hydrogen-bond donors (Lipinski definition) is 2. The Morgan fingerprint density at radius 1 is 1.33 bits per heavy atom. The first kappa shape index (κ1) is 18.3. The summed E-state index contributed by atoms with van der Waals surface area (Å²) >= 11 is 0. The van der Waals surface area contributed by atoms with Gasteiger partial charge in [0.15, 0.2) is 0 Å². The SMILES string of the molecule is CCOc1ccc(F)c(-c2ccnc([C@@H]3CC[C@@]4(CCN(C)C4O)N3)c2)c1. The van der Waals surface area contributed by atoms with Crippen molar-refractivity contribution in [1.82, 2.24) is 15.2 Å². The van der Waals surface area contributed by atoms with Gasteiger partial charge in [-0.2, -0.15) is 0 Å². The van der Waals surface area contributed by atoms with Crippen molar-refractivity contribution >= 4 is 0 Å². The van der Waals surface area contributed by atoms with Crippen LogP contribution in [0.4, 0.5) is 4.39 Å². The smallest absolute Gasteiger partial charge is 0.131 e. The number of rotatable bonds is 4. The molecule has 0 radical (unpaired) electrons. The molecular weight excluding hydrogens is 345 g/mol. The van der Waals surface area contributed by atoms with Crippen molar-refractivity contribution in [3.05, 3.63) is 48.0 Å². The molecule has 5 nitrogen and oxygen atoms in total. The van der Waals surface area contributed by atoms with E-state index in [-0.39, 0.29) is 17.4 Å². The van der Waals surface area contributed by atoms with Gasteiger partial charge in [-0.1, -0.05) is 0 Å². The van der Waals surface area contributed by atoms with Crippen LogP contribution >= 0.6 is 0 Å². The molecule has 4 rings (SSSR count). The molecule has 1 aromatic heterocycles. The molecule has 2 aliphatic rings. The van der Waals surface area contributed by atoms with Gasteiger partial charge in [-0.15, -0.1) is 0 Å². The zero-order valence-electron chi connectivity index (χ0n) is 15.8. The van der Waals surface area contributed by atoms with Crippen molar-refractivity contribution in [3.8, 4) is 16.9 Å². The highest BCUT2D eigenvalue weighted by Gasteiger charge is 2.50. The summed E-state index contributed by atoms with van der Waals surface area (Å²) in [6.07, 6.45) is 3.98. The second-order valence-corrected chi connectivity index (χ2v) is 7.54. The quantitative estimate of drug-likeness (QED) is 0.865. The van der Waals surface area contributed by atoms with Crippen LogP contribution in [0.5, 0.6) is 5.75 Å². The van der Waals surface area contributed by atoms with Crippen LogP contribution in [0.15, 0.2) is 36.5 Å². The maximum atomic E-state index is 14.4. The number of hydrogen-bond acceptors (Lipinski definition) is 5. The third-order valence-electron chi connectivity index (χ3n) is 5.86. The van der Waals surface area contributed by atoms with Gasteiger partial charge in [0.05, 0.1) is 23.9 Å². The molecule has 6 heteroatoms. The van der Waals surface area contributed by atoms with Crippen molar-refractivity contribution in [3.63, 3.8) is 0 Å². The fourth-order valence-electron chi connectivity index (χ4n) is 4.35. The molecule has 3 atom stereocenters. The first-order chi connectivity index (χ1) is 13.0. The Labute approximate surface area is 159 Å². The summed E-state index contributed by atoms with van der Waals surface area (Å²) in [6, 6.07) is 8.64.